The molecule has 39 heavy (non-hydrogen) atoms. The normalized spacial score (nSPS) is 20.2. The Labute approximate surface area is 232 Å². The van der Waals surface area contributed by atoms with Gasteiger partial charge in [-0.3, -0.25) is 14.5 Å². The van der Waals surface area contributed by atoms with Crippen molar-refractivity contribution < 1.29 is 18.7 Å². The molecule has 10 heteroatoms. The molecule has 1 aliphatic carbocycles. The van der Waals surface area contributed by atoms with Gasteiger partial charge in [0.1, 0.15) is 17.9 Å². The Morgan fingerprint density at radius 2 is 1.79 bits per heavy atom. The molecule has 1 saturated carbocycles. The highest BCUT2D eigenvalue weighted by Gasteiger charge is 2.34. The monoisotopic (exact) mass is 553 g/mol. The van der Waals surface area contributed by atoms with Crippen LogP contribution in [0, 0.1) is 18.0 Å². The number of alkyl halides is 1. The first-order valence-electron chi connectivity index (χ1n) is 13.3. The van der Waals surface area contributed by atoms with E-state index < -0.39 is 12.2 Å². The number of hydrogen-bond acceptors (Lipinski definition) is 4. The number of carbonyl (C=O) groups excluding carboxylic acids is 2. The molecule has 2 aliphatic rings. The highest BCUT2D eigenvalue weighted by atomic mass is 35.5. The fraction of sp³-hybridized carbons (Fsp3) is 0.414. The van der Waals surface area contributed by atoms with Crippen molar-refractivity contribution in [3.8, 4) is 11.1 Å². The van der Waals surface area contributed by atoms with Gasteiger partial charge in [-0.15, -0.1) is 0 Å². The fourth-order valence-electron chi connectivity index (χ4n) is 5.66. The van der Waals surface area contributed by atoms with Crippen molar-refractivity contribution in [2.24, 2.45) is 5.92 Å². The zero-order valence-electron chi connectivity index (χ0n) is 22.1. The molecular weight excluding hydrogens is 521 g/mol. The van der Waals surface area contributed by atoms with Gasteiger partial charge in [0.05, 0.1) is 10.6 Å². The van der Waals surface area contributed by atoms with Crippen molar-refractivity contribution in [3.63, 3.8) is 0 Å². The van der Waals surface area contributed by atoms with E-state index >= 15 is 0 Å². The van der Waals surface area contributed by atoms with Gasteiger partial charge < -0.3 is 20.4 Å². The van der Waals surface area contributed by atoms with Gasteiger partial charge in [0.15, 0.2) is 11.9 Å². The van der Waals surface area contributed by atoms with Crippen LogP contribution >= 0.6 is 11.6 Å². The minimum Gasteiger partial charge on any atom is -0.618 e. The van der Waals surface area contributed by atoms with Crippen LogP contribution in [-0.2, 0) is 17.9 Å². The molecule has 5 rings (SSSR count). The van der Waals surface area contributed by atoms with Gasteiger partial charge in [-0.2, -0.15) is 4.73 Å². The Bertz CT molecular complexity index is 1370. The Morgan fingerprint density at radius 3 is 2.51 bits per heavy atom. The van der Waals surface area contributed by atoms with E-state index in [0.29, 0.717) is 59.9 Å². The number of nitrogens with zero attached hydrogens (tertiary/aromatic N) is 3. The van der Waals surface area contributed by atoms with Crippen molar-refractivity contribution >= 4 is 29.1 Å². The second-order valence-electron chi connectivity index (χ2n) is 10.6. The molecule has 206 valence electrons. The molecule has 2 amide bonds. The Kier molecular flexibility index (Phi) is 7.91. The van der Waals surface area contributed by atoms with Gasteiger partial charge in [-0.25, -0.2) is 4.39 Å². The maximum absolute atomic E-state index is 13.9. The number of aromatic nitrogens is 2. The number of likely N-dealkylation sites (N-methyl/N-ethyl adjacent to an activating group) is 1. The Hall–Kier alpha value is -3.43. The van der Waals surface area contributed by atoms with E-state index in [9.17, 15) is 19.2 Å². The van der Waals surface area contributed by atoms with Gasteiger partial charge in [-0.1, -0.05) is 23.7 Å². The van der Waals surface area contributed by atoms with Crippen LogP contribution in [0.2, 0.25) is 5.02 Å². The van der Waals surface area contributed by atoms with Crippen LogP contribution in [0.4, 0.5) is 10.1 Å². The molecule has 0 bridgehead atoms. The molecular formula is C29H33ClFN5O3. The molecule has 0 spiro atoms. The molecule has 0 saturated heterocycles. The number of anilines is 1. The molecule has 8 nitrogen and oxygen atoms in total. The summed E-state index contributed by atoms with van der Waals surface area (Å²) < 4.78 is 16.7. The minimum atomic E-state index is -0.871. The number of hydrogen-bond donors (Lipinski definition) is 2. The number of rotatable bonds is 6. The zero-order chi connectivity index (χ0) is 27.7. The number of benzene rings is 1. The lowest BCUT2D eigenvalue weighted by atomic mass is 9.82. The summed E-state index contributed by atoms with van der Waals surface area (Å²) in [7, 11) is 2.04. The summed E-state index contributed by atoms with van der Waals surface area (Å²) in [5.74, 6) is -0.806. The molecule has 2 N–H and O–H groups in total. The van der Waals surface area contributed by atoms with Crippen LogP contribution in [0.3, 0.4) is 0 Å². The van der Waals surface area contributed by atoms with Gasteiger partial charge in [-0.05, 0) is 68.5 Å². The van der Waals surface area contributed by atoms with E-state index in [-0.39, 0.29) is 17.7 Å². The van der Waals surface area contributed by atoms with Crippen molar-refractivity contribution in [3.05, 3.63) is 76.0 Å². The minimum absolute atomic E-state index is 0.166. The predicted molar refractivity (Wildman–Crippen MR) is 148 cm³/mol. The van der Waals surface area contributed by atoms with Crippen molar-refractivity contribution in [1.82, 2.24) is 14.8 Å². The molecule has 0 radical (unpaired) electrons. The molecule has 2 aromatic heterocycles. The first kappa shape index (κ1) is 27.1. The third-order valence-electron chi connectivity index (χ3n) is 7.91. The van der Waals surface area contributed by atoms with Crippen LogP contribution < -0.4 is 15.4 Å². The highest BCUT2D eigenvalue weighted by molar-refractivity contribution is 6.33. The zero-order valence-corrected chi connectivity index (χ0v) is 22.9. The van der Waals surface area contributed by atoms with Gasteiger partial charge in [0.25, 0.3) is 5.91 Å². The second-order valence-corrected chi connectivity index (χ2v) is 11.0. The van der Waals surface area contributed by atoms with E-state index in [1.165, 1.54) is 6.20 Å². The first-order valence-corrected chi connectivity index (χ1v) is 13.7. The van der Waals surface area contributed by atoms with Gasteiger partial charge >= 0.3 is 0 Å². The largest absolute Gasteiger partial charge is 0.618 e. The lowest BCUT2D eigenvalue weighted by Crippen LogP contribution is -2.50. The summed E-state index contributed by atoms with van der Waals surface area (Å²) in [6.45, 7) is 4.00. The number of pyridine rings is 1. The van der Waals surface area contributed by atoms with Crippen LogP contribution in [-0.4, -0.2) is 47.1 Å². The molecule has 3 heterocycles. The molecule has 1 aromatic carbocycles. The van der Waals surface area contributed by atoms with E-state index in [0.717, 1.165) is 29.1 Å². The maximum atomic E-state index is 13.9. The van der Waals surface area contributed by atoms with E-state index in [1.807, 2.05) is 17.7 Å². The number of carbonyl (C=O) groups is 2. The predicted octanol–water partition coefficient (Wildman–Crippen LogP) is 4.46. The number of nitrogens with one attached hydrogen (secondary N) is 2. The van der Waals surface area contributed by atoms with Crippen LogP contribution in [0.5, 0.6) is 0 Å². The highest BCUT2D eigenvalue weighted by Crippen LogP contribution is 2.32. The average Bonchev–Trinajstić information content (AvgIpc) is 3.34. The maximum Gasteiger partial charge on any atom is 0.268 e. The Morgan fingerprint density at radius 1 is 1.08 bits per heavy atom. The lowest BCUT2D eigenvalue weighted by Gasteiger charge is -2.32. The summed E-state index contributed by atoms with van der Waals surface area (Å²) in [6.07, 6.45) is 2.30. The number of halogens is 2. The van der Waals surface area contributed by atoms with Crippen molar-refractivity contribution in [2.45, 2.75) is 57.9 Å². The molecule has 1 aliphatic heterocycles. The van der Waals surface area contributed by atoms with Crippen LogP contribution in [0.15, 0.2) is 48.7 Å². The van der Waals surface area contributed by atoms with Gasteiger partial charge in [0, 0.05) is 44.0 Å². The van der Waals surface area contributed by atoms with Gasteiger partial charge in [0.2, 0.25) is 5.91 Å². The molecule has 1 atom stereocenters. The van der Waals surface area contributed by atoms with Crippen molar-refractivity contribution in [1.29, 1.82) is 0 Å². The number of amides is 2. The lowest BCUT2D eigenvalue weighted by molar-refractivity contribution is -0.611. The summed E-state index contributed by atoms with van der Waals surface area (Å²) in [4.78, 5) is 29.1. The van der Waals surface area contributed by atoms with Crippen molar-refractivity contribution in [2.75, 3.05) is 18.9 Å². The van der Waals surface area contributed by atoms with Crippen LogP contribution in [0.1, 0.15) is 47.6 Å². The third kappa shape index (κ3) is 5.79. The van der Waals surface area contributed by atoms with E-state index in [2.05, 4.69) is 15.5 Å². The second kappa shape index (κ2) is 11.4. The summed E-state index contributed by atoms with van der Waals surface area (Å²) in [5, 5.41) is 18.4. The fourth-order valence-corrected chi connectivity index (χ4v) is 5.96. The summed E-state index contributed by atoms with van der Waals surface area (Å²) in [6, 6.07) is 11.6. The van der Waals surface area contributed by atoms with E-state index in [1.54, 1.807) is 43.3 Å². The topological polar surface area (TPSA) is 93.3 Å². The standard InChI is InChI=1S/C29H33ClFN5O3/c1-18-26(24(30)13-14-36(18)39)19-5-9-22(10-6-19)32-29(38)27(20-3-7-21(31)8-4-20)33-28(37)25-12-11-23-17-34(2)15-16-35(23)25/h5-6,9-14,20-21,27H,3-4,7-8,15-17H2,1-2H3,(H,32,38)(H,33,37)/t20?,21?,27-/m0/s1. The number of fused-ring (bicyclic) bond motifs is 1. The SMILES string of the molecule is Cc1c(-c2ccc(NC(=O)[C@@H](NC(=O)c3ccc4n3CCN(C)C4)C3CCC(F)CC3)cc2)c(Cl)cc[n+]1[O-]. The Balaban J connectivity index is 1.34. The summed E-state index contributed by atoms with van der Waals surface area (Å²) in [5.41, 5.74) is 3.99. The first-order chi connectivity index (χ1) is 18.7. The third-order valence-corrected chi connectivity index (χ3v) is 8.23. The average molecular weight is 554 g/mol. The molecule has 1 fully saturated rings. The quantitative estimate of drug-likeness (QED) is 0.348. The van der Waals surface area contributed by atoms with Crippen LogP contribution in [0.25, 0.3) is 11.1 Å². The smallest absolute Gasteiger partial charge is 0.268 e. The van der Waals surface area contributed by atoms with E-state index in [4.69, 9.17) is 11.6 Å². The summed E-state index contributed by atoms with van der Waals surface area (Å²) >= 11 is 6.35. The molecule has 3 aromatic rings. The molecule has 0 unspecified atom stereocenters.